The Morgan fingerprint density at radius 3 is 2.15 bits per heavy atom. The van der Waals surface area contributed by atoms with Crippen LogP contribution in [-0.4, -0.2) is 68.5 Å². The minimum atomic E-state index is -0.398. The highest BCUT2D eigenvalue weighted by Gasteiger charge is 2.51. The van der Waals surface area contributed by atoms with Gasteiger partial charge in [-0.2, -0.15) is 0 Å². The zero-order valence-electron chi connectivity index (χ0n) is 16.8. The van der Waals surface area contributed by atoms with Crippen LogP contribution in [-0.2, 0) is 9.31 Å². The summed E-state index contributed by atoms with van der Waals surface area (Å²) in [6.45, 7) is 13.4. The smallest absolute Gasteiger partial charge is 0.494 e. The first-order valence-electron chi connectivity index (χ1n) is 9.35. The van der Waals surface area contributed by atoms with Crippen molar-refractivity contribution in [1.82, 2.24) is 4.81 Å². The summed E-state index contributed by atoms with van der Waals surface area (Å²) >= 11 is 0. The standard InChI is InChI=1S/C18H30B2N2O4/c1-17(2)18(3,4)26-20(25-17)14-7-8-15(16(13-14)24-6)21-9-11-22(12-10-21)19(5)23/h7-8,13,23H,9-12H2,1-6H3. The van der Waals surface area contributed by atoms with Crippen LogP contribution in [0, 0.1) is 0 Å². The molecular weight excluding hydrogens is 330 g/mol. The number of benzene rings is 1. The number of piperazine rings is 1. The van der Waals surface area contributed by atoms with Gasteiger partial charge in [-0.15, -0.1) is 0 Å². The number of hydrogen-bond acceptors (Lipinski definition) is 6. The summed E-state index contributed by atoms with van der Waals surface area (Å²) in [6.07, 6.45) is 0. The minimum absolute atomic E-state index is 0.360. The summed E-state index contributed by atoms with van der Waals surface area (Å²) < 4.78 is 18.0. The van der Waals surface area contributed by atoms with E-state index < -0.39 is 14.2 Å². The number of ether oxygens (including phenoxy) is 1. The molecule has 0 saturated carbocycles. The Balaban J connectivity index is 1.77. The lowest BCUT2D eigenvalue weighted by Gasteiger charge is -2.37. The highest BCUT2D eigenvalue weighted by molar-refractivity contribution is 6.62. The maximum Gasteiger partial charge on any atom is 0.494 e. The lowest BCUT2D eigenvalue weighted by Crippen LogP contribution is -2.51. The topological polar surface area (TPSA) is 54.4 Å². The molecule has 1 aromatic rings. The molecule has 0 aliphatic carbocycles. The maximum absolute atomic E-state index is 9.73. The second kappa shape index (κ2) is 7.08. The highest BCUT2D eigenvalue weighted by atomic mass is 16.7. The van der Waals surface area contributed by atoms with Crippen molar-refractivity contribution in [2.24, 2.45) is 0 Å². The van der Waals surface area contributed by atoms with Gasteiger partial charge in [0.15, 0.2) is 0 Å². The zero-order chi connectivity index (χ0) is 19.1. The third-order valence-corrected chi connectivity index (χ3v) is 5.91. The molecule has 0 spiro atoms. The van der Waals surface area contributed by atoms with Crippen LogP contribution in [0.5, 0.6) is 5.75 Å². The average molecular weight is 360 g/mol. The van der Waals surface area contributed by atoms with Gasteiger partial charge >= 0.3 is 14.2 Å². The van der Waals surface area contributed by atoms with E-state index in [1.54, 1.807) is 7.11 Å². The number of rotatable bonds is 4. The third kappa shape index (κ3) is 3.60. The second-order valence-corrected chi connectivity index (χ2v) is 8.17. The Morgan fingerprint density at radius 2 is 1.65 bits per heavy atom. The van der Waals surface area contributed by atoms with Gasteiger partial charge in [0.05, 0.1) is 24.0 Å². The predicted molar refractivity (Wildman–Crippen MR) is 106 cm³/mol. The van der Waals surface area contributed by atoms with E-state index in [-0.39, 0.29) is 11.2 Å². The SMILES string of the molecule is COc1cc(B2OC(C)(C)C(C)(C)O2)ccc1N1CCN(B(C)O)CC1. The Labute approximate surface area is 157 Å². The summed E-state index contributed by atoms with van der Waals surface area (Å²) in [4.78, 5) is 4.37. The molecule has 0 amide bonds. The van der Waals surface area contributed by atoms with E-state index in [2.05, 4.69) is 49.5 Å². The van der Waals surface area contributed by atoms with Gasteiger partial charge in [-0.3, -0.25) is 0 Å². The Kier molecular flexibility index (Phi) is 5.32. The Hall–Kier alpha value is -1.21. The lowest BCUT2D eigenvalue weighted by molar-refractivity contribution is 0.00578. The molecule has 2 aliphatic heterocycles. The molecule has 0 bridgehead atoms. The summed E-state index contributed by atoms with van der Waals surface area (Å²) in [5, 5.41) is 9.73. The van der Waals surface area contributed by atoms with E-state index >= 15 is 0 Å². The molecule has 0 atom stereocenters. The summed E-state index contributed by atoms with van der Waals surface area (Å²) in [7, 11) is 0.902. The van der Waals surface area contributed by atoms with Crippen molar-refractivity contribution in [3.63, 3.8) is 0 Å². The summed E-state index contributed by atoms with van der Waals surface area (Å²) in [5.74, 6) is 0.822. The first kappa shape index (κ1) is 19.5. The Morgan fingerprint density at radius 1 is 1.08 bits per heavy atom. The van der Waals surface area contributed by atoms with Crippen molar-refractivity contribution >= 4 is 25.3 Å². The van der Waals surface area contributed by atoms with Crippen molar-refractivity contribution in [1.29, 1.82) is 0 Å². The molecule has 1 aromatic carbocycles. The van der Waals surface area contributed by atoms with Crippen LogP contribution in [0.4, 0.5) is 5.69 Å². The molecule has 0 radical (unpaired) electrons. The van der Waals surface area contributed by atoms with Crippen LogP contribution in [0.25, 0.3) is 0 Å². The third-order valence-electron chi connectivity index (χ3n) is 5.91. The van der Waals surface area contributed by atoms with Crippen molar-refractivity contribution < 1.29 is 19.1 Å². The molecule has 2 aliphatic rings. The van der Waals surface area contributed by atoms with Gasteiger partial charge < -0.3 is 28.8 Å². The normalized spacial score (nSPS) is 22.6. The van der Waals surface area contributed by atoms with E-state index in [9.17, 15) is 5.02 Å². The van der Waals surface area contributed by atoms with E-state index in [1.807, 2.05) is 12.9 Å². The fourth-order valence-corrected chi connectivity index (χ4v) is 3.42. The van der Waals surface area contributed by atoms with E-state index in [4.69, 9.17) is 14.0 Å². The van der Waals surface area contributed by atoms with Crippen LogP contribution in [0.2, 0.25) is 6.82 Å². The van der Waals surface area contributed by atoms with Crippen LogP contribution in [0.15, 0.2) is 18.2 Å². The highest BCUT2D eigenvalue weighted by Crippen LogP contribution is 2.37. The van der Waals surface area contributed by atoms with E-state index in [0.717, 1.165) is 43.1 Å². The Bertz CT molecular complexity index is 630. The predicted octanol–water partition coefficient (Wildman–Crippen LogP) is 1.23. The molecule has 1 N–H and O–H groups in total. The summed E-state index contributed by atoms with van der Waals surface area (Å²) in [5.41, 5.74) is 1.31. The van der Waals surface area contributed by atoms with Gasteiger partial charge in [0.1, 0.15) is 5.75 Å². The fourth-order valence-electron chi connectivity index (χ4n) is 3.42. The van der Waals surface area contributed by atoms with Crippen LogP contribution in [0.1, 0.15) is 27.7 Å². The van der Waals surface area contributed by atoms with Gasteiger partial charge in [-0.25, -0.2) is 0 Å². The van der Waals surface area contributed by atoms with E-state index in [1.165, 1.54) is 0 Å². The second-order valence-electron chi connectivity index (χ2n) is 8.17. The van der Waals surface area contributed by atoms with Gasteiger partial charge in [0, 0.05) is 26.2 Å². The molecule has 142 valence electrons. The van der Waals surface area contributed by atoms with Gasteiger partial charge in [-0.1, -0.05) is 6.07 Å². The number of hydrogen-bond donors (Lipinski definition) is 1. The molecule has 3 rings (SSSR count). The van der Waals surface area contributed by atoms with Gasteiger partial charge in [0.2, 0.25) is 0 Å². The molecule has 2 fully saturated rings. The first-order valence-corrected chi connectivity index (χ1v) is 9.35. The molecule has 6 nitrogen and oxygen atoms in total. The van der Waals surface area contributed by atoms with Crippen LogP contribution in [0.3, 0.4) is 0 Å². The van der Waals surface area contributed by atoms with Crippen molar-refractivity contribution in [2.45, 2.75) is 45.7 Å². The molecule has 0 aromatic heterocycles. The quantitative estimate of drug-likeness (QED) is 0.816. The van der Waals surface area contributed by atoms with Gasteiger partial charge in [0.25, 0.3) is 0 Å². The maximum atomic E-state index is 9.73. The number of nitrogens with zero attached hydrogens (tertiary/aromatic N) is 2. The fraction of sp³-hybridized carbons (Fsp3) is 0.667. The van der Waals surface area contributed by atoms with E-state index in [0.29, 0.717) is 0 Å². The molecule has 2 saturated heterocycles. The lowest BCUT2D eigenvalue weighted by atomic mass is 9.79. The van der Waals surface area contributed by atoms with Crippen LogP contribution >= 0.6 is 0 Å². The monoisotopic (exact) mass is 360 g/mol. The number of anilines is 1. The molecule has 26 heavy (non-hydrogen) atoms. The molecule has 8 heteroatoms. The largest absolute Gasteiger partial charge is 0.495 e. The van der Waals surface area contributed by atoms with Crippen molar-refractivity contribution in [2.75, 3.05) is 38.2 Å². The van der Waals surface area contributed by atoms with Crippen LogP contribution < -0.4 is 15.1 Å². The number of methoxy groups -OCH3 is 1. The first-order chi connectivity index (χ1) is 12.1. The van der Waals surface area contributed by atoms with Crippen molar-refractivity contribution in [3.05, 3.63) is 18.2 Å². The van der Waals surface area contributed by atoms with Gasteiger partial charge in [-0.05, 0) is 52.1 Å². The molecule has 0 unspecified atom stereocenters. The zero-order valence-corrected chi connectivity index (χ0v) is 16.8. The average Bonchev–Trinajstić information content (AvgIpc) is 2.82. The molecule has 2 heterocycles. The summed E-state index contributed by atoms with van der Waals surface area (Å²) in [6, 6.07) is 6.15. The van der Waals surface area contributed by atoms with Crippen molar-refractivity contribution in [3.8, 4) is 5.75 Å². The minimum Gasteiger partial charge on any atom is -0.495 e. The molecular formula is C18H30B2N2O4.